The van der Waals surface area contributed by atoms with Crippen LogP contribution in [0.25, 0.3) is 6.08 Å². The van der Waals surface area contributed by atoms with Crippen molar-refractivity contribution in [3.63, 3.8) is 0 Å². The molecule has 7 heteroatoms. The zero-order chi connectivity index (χ0) is 18.2. The fourth-order valence-corrected chi connectivity index (χ4v) is 2.10. The summed E-state index contributed by atoms with van der Waals surface area (Å²) >= 11 is 5.84. The second-order valence-corrected chi connectivity index (χ2v) is 5.26. The molecule has 0 heterocycles. The number of rotatable bonds is 6. The first kappa shape index (κ1) is 18.5. The Balaban J connectivity index is 1.84. The largest absolute Gasteiger partial charge is 0.497 e. The third kappa shape index (κ3) is 5.61. The summed E-state index contributed by atoms with van der Waals surface area (Å²) in [5, 5.41) is 2.73. The topological polar surface area (TPSA) is 64.6 Å². The standard InChI is InChI=1S/C18H15ClFNO4/c1-24-13-7-5-12(6-8-13)21-17(22)11-25-18(23)10-9-14-15(19)3-2-4-16(14)20/h2-10H,11H2,1H3,(H,21,22). The van der Waals surface area contributed by atoms with Gasteiger partial charge >= 0.3 is 5.97 Å². The lowest BCUT2D eigenvalue weighted by atomic mass is 10.2. The number of esters is 1. The number of amides is 1. The van der Waals surface area contributed by atoms with E-state index in [2.05, 4.69) is 5.32 Å². The van der Waals surface area contributed by atoms with Crippen LogP contribution in [0, 0.1) is 5.82 Å². The Morgan fingerprint density at radius 2 is 1.92 bits per heavy atom. The molecule has 0 radical (unpaired) electrons. The molecule has 0 aliphatic heterocycles. The molecule has 130 valence electrons. The van der Waals surface area contributed by atoms with Crippen molar-refractivity contribution in [2.24, 2.45) is 0 Å². The zero-order valence-electron chi connectivity index (χ0n) is 13.3. The van der Waals surface area contributed by atoms with Crippen molar-refractivity contribution in [1.29, 1.82) is 0 Å². The maximum Gasteiger partial charge on any atom is 0.331 e. The van der Waals surface area contributed by atoms with Gasteiger partial charge in [0.2, 0.25) is 0 Å². The highest BCUT2D eigenvalue weighted by Gasteiger charge is 2.07. The highest BCUT2D eigenvalue weighted by atomic mass is 35.5. The minimum atomic E-state index is -0.788. The highest BCUT2D eigenvalue weighted by Crippen LogP contribution is 2.20. The van der Waals surface area contributed by atoms with Gasteiger partial charge in [-0.25, -0.2) is 9.18 Å². The summed E-state index contributed by atoms with van der Waals surface area (Å²) in [6.45, 7) is -0.472. The van der Waals surface area contributed by atoms with Gasteiger partial charge < -0.3 is 14.8 Å². The number of carbonyl (C=O) groups is 2. The Hall–Kier alpha value is -2.86. The predicted molar refractivity (Wildman–Crippen MR) is 93.0 cm³/mol. The van der Waals surface area contributed by atoms with Crippen LogP contribution in [0.2, 0.25) is 5.02 Å². The number of ether oxygens (including phenoxy) is 2. The Morgan fingerprint density at radius 3 is 2.56 bits per heavy atom. The van der Waals surface area contributed by atoms with Crippen molar-refractivity contribution in [2.45, 2.75) is 0 Å². The van der Waals surface area contributed by atoms with Crippen LogP contribution >= 0.6 is 11.6 Å². The van der Waals surface area contributed by atoms with Crippen molar-refractivity contribution >= 4 is 35.2 Å². The summed E-state index contributed by atoms with van der Waals surface area (Å²) in [6, 6.07) is 10.8. The number of benzene rings is 2. The first-order chi connectivity index (χ1) is 12.0. The molecule has 0 unspecified atom stereocenters. The molecule has 0 saturated carbocycles. The van der Waals surface area contributed by atoms with Gasteiger partial charge in [0.25, 0.3) is 5.91 Å². The quantitative estimate of drug-likeness (QED) is 0.628. The lowest BCUT2D eigenvalue weighted by Crippen LogP contribution is -2.20. The molecule has 2 aromatic rings. The molecule has 0 aliphatic carbocycles. The van der Waals surface area contributed by atoms with Gasteiger partial charge in [-0.15, -0.1) is 0 Å². The molecule has 2 rings (SSSR count). The molecule has 1 N–H and O–H groups in total. The maximum atomic E-state index is 13.6. The summed E-state index contributed by atoms with van der Waals surface area (Å²) in [5.41, 5.74) is 0.610. The van der Waals surface area contributed by atoms with Gasteiger partial charge in [0.15, 0.2) is 6.61 Å². The minimum absolute atomic E-state index is 0.0730. The van der Waals surface area contributed by atoms with Crippen LogP contribution in [0.15, 0.2) is 48.5 Å². The van der Waals surface area contributed by atoms with Crippen LogP contribution < -0.4 is 10.1 Å². The molecule has 0 fully saturated rings. The van der Waals surface area contributed by atoms with E-state index in [1.807, 2.05) is 0 Å². The number of halogens is 2. The minimum Gasteiger partial charge on any atom is -0.497 e. The highest BCUT2D eigenvalue weighted by molar-refractivity contribution is 6.32. The van der Waals surface area contributed by atoms with Crippen molar-refractivity contribution in [3.8, 4) is 5.75 Å². The number of methoxy groups -OCH3 is 1. The predicted octanol–water partition coefficient (Wildman–Crippen LogP) is 3.68. The van der Waals surface area contributed by atoms with E-state index in [0.29, 0.717) is 11.4 Å². The molecule has 0 aliphatic rings. The van der Waals surface area contributed by atoms with E-state index in [4.69, 9.17) is 21.1 Å². The van der Waals surface area contributed by atoms with Gasteiger partial charge in [-0.2, -0.15) is 0 Å². The monoisotopic (exact) mass is 363 g/mol. The molecule has 2 aromatic carbocycles. The Kier molecular flexibility index (Phi) is 6.54. The van der Waals surface area contributed by atoms with E-state index < -0.39 is 24.3 Å². The van der Waals surface area contributed by atoms with Crippen LogP contribution in [0.4, 0.5) is 10.1 Å². The summed E-state index contributed by atoms with van der Waals surface area (Å²) in [4.78, 5) is 23.3. The Morgan fingerprint density at radius 1 is 1.20 bits per heavy atom. The van der Waals surface area contributed by atoms with Gasteiger partial charge in [0.05, 0.1) is 12.1 Å². The summed E-state index contributed by atoms with van der Waals surface area (Å²) < 4.78 is 23.4. The fraction of sp³-hybridized carbons (Fsp3) is 0.111. The van der Waals surface area contributed by atoms with Gasteiger partial charge in [-0.05, 0) is 42.5 Å². The van der Waals surface area contributed by atoms with E-state index in [9.17, 15) is 14.0 Å². The van der Waals surface area contributed by atoms with Crippen molar-refractivity contribution < 1.29 is 23.5 Å². The van der Waals surface area contributed by atoms with Crippen LogP contribution in [0.5, 0.6) is 5.75 Å². The van der Waals surface area contributed by atoms with E-state index in [-0.39, 0.29) is 10.6 Å². The molecular weight excluding hydrogens is 349 g/mol. The Bertz CT molecular complexity index is 770. The number of hydrogen-bond donors (Lipinski definition) is 1. The second-order valence-electron chi connectivity index (χ2n) is 4.85. The average Bonchev–Trinajstić information content (AvgIpc) is 2.60. The second kappa shape index (κ2) is 8.84. The third-order valence-corrected chi connectivity index (χ3v) is 3.43. The number of anilines is 1. The molecular formula is C18H15ClFNO4. The summed E-state index contributed by atoms with van der Waals surface area (Å²) in [7, 11) is 1.54. The van der Waals surface area contributed by atoms with Crippen LogP contribution in [-0.4, -0.2) is 25.6 Å². The molecule has 0 spiro atoms. The Labute approximate surface area is 149 Å². The number of carbonyl (C=O) groups excluding carboxylic acids is 2. The van der Waals surface area contributed by atoms with Gasteiger partial charge in [-0.3, -0.25) is 4.79 Å². The molecule has 0 bridgehead atoms. The summed E-state index contributed by atoms with van der Waals surface area (Å²) in [6.07, 6.45) is 2.20. The molecule has 0 atom stereocenters. The SMILES string of the molecule is COc1ccc(NC(=O)COC(=O)C=Cc2c(F)cccc2Cl)cc1. The van der Waals surface area contributed by atoms with Crippen molar-refractivity contribution in [1.82, 2.24) is 0 Å². The molecule has 0 aromatic heterocycles. The summed E-state index contributed by atoms with van der Waals surface area (Å²) in [5.74, 6) is -1.20. The fourth-order valence-electron chi connectivity index (χ4n) is 1.88. The molecule has 1 amide bonds. The van der Waals surface area contributed by atoms with Crippen LogP contribution in [-0.2, 0) is 14.3 Å². The third-order valence-electron chi connectivity index (χ3n) is 3.11. The normalized spacial score (nSPS) is 10.5. The number of nitrogens with one attached hydrogen (secondary N) is 1. The lowest BCUT2D eigenvalue weighted by Gasteiger charge is -2.06. The molecule has 25 heavy (non-hydrogen) atoms. The molecule has 0 saturated heterocycles. The first-order valence-electron chi connectivity index (χ1n) is 7.22. The van der Waals surface area contributed by atoms with Gasteiger partial charge in [-0.1, -0.05) is 17.7 Å². The van der Waals surface area contributed by atoms with E-state index >= 15 is 0 Å². The first-order valence-corrected chi connectivity index (χ1v) is 7.60. The maximum absolute atomic E-state index is 13.6. The van der Waals surface area contributed by atoms with E-state index in [1.165, 1.54) is 31.4 Å². The van der Waals surface area contributed by atoms with E-state index in [0.717, 1.165) is 6.08 Å². The van der Waals surface area contributed by atoms with E-state index in [1.54, 1.807) is 24.3 Å². The smallest absolute Gasteiger partial charge is 0.331 e. The lowest BCUT2D eigenvalue weighted by molar-refractivity contribution is -0.142. The van der Waals surface area contributed by atoms with Gasteiger partial charge in [0, 0.05) is 17.3 Å². The zero-order valence-corrected chi connectivity index (χ0v) is 14.0. The van der Waals surface area contributed by atoms with Gasteiger partial charge in [0.1, 0.15) is 11.6 Å². The number of hydrogen-bond acceptors (Lipinski definition) is 4. The van der Waals surface area contributed by atoms with Crippen LogP contribution in [0.1, 0.15) is 5.56 Å². The van der Waals surface area contributed by atoms with Crippen LogP contribution in [0.3, 0.4) is 0 Å². The average molecular weight is 364 g/mol. The van der Waals surface area contributed by atoms with Crippen molar-refractivity contribution in [3.05, 3.63) is 64.9 Å². The van der Waals surface area contributed by atoms with Crippen molar-refractivity contribution in [2.75, 3.05) is 19.0 Å². The molecule has 5 nitrogen and oxygen atoms in total.